The fourth-order valence-corrected chi connectivity index (χ4v) is 9.16. The lowest BCUT2D eigenvalue weighted by Gasteiger charge is -2.41. The van der Waals surface area contributed by atoms with Gasteiger partial charge in [-0.15, -0.1) is 0 Å². The molecule has 6 N–H and O–H groups in total. The van der Waals surface area contributed by atoms with Gasteiger partial charge in [0.1, 0.15) is 24.4 Å². The van der Waals surface area contributed by atoms with Crippen LogP contribution in [0.25, 0.3) is 0 Å². The Labute approximate surface area is 458 Å². The maximum atomic E-state index is 13.4. The minimum atomic E-state index is -1.63. The summed E-state index contributed by atoms with van der Waals surface area (Å²) in [5.74, 6) is -1.23. The van der Waals surface area contributed by atoms with Crippen molar-refractivity contribution >= 4 is 11.9 Å². The molecule has 11 heteroatoms. The fourth-order valence-electron chi connectivity index (χ4n) is 9.16. The summed E-state index contributed by atoms with van der Waals surface area (Å²) in [7, 11) is 0. The van der Waals surface area contributed by atoms with Gasteiger partial charge < -0.3 is 45.1 Å². The molecule has 0 aromatic heterocycles. The van der Waals surface area contributed by atoms with Gasteiger partial charge in [0.25, 0.3) is 0 Å². The Balaban J connectivity index is 2.73. The molecule has 1 aliphatic heterocycles. The van der Waals surface area contributed by atoms with Crippen molar-refractivity contribution in [2.24, 2.45) is 0 Å². The van der Waals surface area contributed by atoms with E-state index in [-0.39, 0.29) is 19.4 Å². The Hall–Kier alpha value is -2.90. The third kappa shape index (κ3) is 40.0. The molecule has 8 atom stereocenters. The summed E-state index contributed by atoms with van der Waals surface area (Å²) >= 11 is 0. The largest absolute Gasteiger partial charge is 0.454 e. The predicted octanol–water partition coefficient (Wildman–Crippen LogP) is 14.4. The number of hydrogen-bond donors (Lipinski definition) is 6. The van der Waals surface area contributed by atoms with Crippen LogP contribution in [0.15, 0.2) is 72.9 Å². The highest BCUT2D eigenvalue weighted by molar-refractivity contribution is 5.80. The number of allylic oxidation sites excluding steroid dienone is 11. The Morgan fingerprint density at radius 3 is 1.40 bits per heavy atom. The maximum Gasteiger partial charge on any atom is 0.306 e. The smallest absolute Gasteiger partial charge is 0.306 e. The van der Waals surface area contributed by atoms with E-state index < -0.39 is 67.4 Å². The van der Waals surface area contributed by atoms with Gasteiger partial charge in [0.2, 0.25) is 5.91 Å². The van der Waals surface area contributed by atoms with Crippen molar-refractivity contribution in [2.75, 3.05) is 13.2 Å². The van der Waals surface area contributed by atoms with Crippen molar-refractivity contribution in [3.63, 3.8) is 0 Å². The van der Waals surface area contributed by atoms with Crippen LogP contribution in [-0.2, 0) is 23.8 Å². The molecule has 1 heterocycles. The SMILES string of the molecule is CCCCC/C=C\C/C=C\C/C=C\CCCCCCC(=O)OC1C(OCC(NC(=O)C(O)CCCCCCCC/C=C\C/C=C\CCCCC)C(O)/C=C/CCCCCCCCCCCCC)OC(CO)C(O)C1O. The van der Waals surface area contributed by atoms with Gasteiger partial charge in [0, 0.05) is 6.42 Å². The van der Waals surface area contributed by atoms with Gasteiger partial charge in [0.05, 0.1) is 25.4 Å². The third-order valence-electron chi connectivity index (χ3n) is 14.1. The van der Waals surface area contributed by atoms with E-state index in [1.54, 1.807) is 6.08 Å². The summed E-state index contributed by atoms with van der Waals surface area (Å²) in [6.07, 6.45) is 55.0. The van der Waals surface area contributed by atoms with Gasteiger partial charge in [-0.05, 0) is 96.3 Å². The number of hydrogen-bond acceptors (Lipinski definition) is 10. The first kappa shape index (κ1) is 70.1. The number of carbonyl (C=O) groups excluding carboxylic acids is 2. The van der Waals surface area contributed by atoms with E-state index in [4.69, 9.17) is 14.2 Å². The highest BCUT2D eigenvalue weighted by Crippen LogP contribution is 2.26. The van der Waals surface area contributed by atoms with E-state index >= 15 is 0 Å². The van der Waals surface area contributed by atoms with Crippen LogP contribution in [0.4, 0.5) is 0 Å². The molecule has 1 saturated heterocycles. The second-order valence-corrected chi connectivity index (χ2v) is 21.1. The normalized spacial score (nSPS) is 19.7. The van der Waals surface area contributed by atoms with Crippen molar-refractivity contribution in [3.05, 3.63) is 72.9 Å². The Morgan fingerprint density at radius 1 is 0.520 bits per heavy atom. The molecule has 1 aliphatic rings. The molecule has 0 spiro atoms. The van der Waals surface area contributed by atoms with E-state index in [1.165, 1.54) is 103 Å². The molecule has 434 valence electrons. The number of amides is 1. The summed E-state index contributed by atoms with van der Waals surface area (Å²) in [4.78, 5) is 26.5. The van der Waals surface area contributed by atoms with Crippen LogP contribution < -0.4 is 5.32 Å². The lowest BCUT2D eigenvalue weighted by atomic mass is 9.99. The van der Waals surface area contributed by atoms with Crippen molar-refractivity contribution in [1.82, 2.24) is 5.32 Å². The van der Waals surface area contributed by atoms with Crippen LogP contribution >= 0.6 is 0 Å². The second kappa shape index (κ2) is 51.8. The van der Waals surface area contributed by atoms with E-state index in [9.17, 15) is 35.1 Å². The number of ether oxygens (including phenoxy) is 3. The van der Waals surface area contributed by atoms with Gasteiger partial charge in [-0.25, -0.2) is 0 Å². The lowest BCUT2D eigenvalue weighted by molar-refractivity contribution is -0.305. The molecular weight excluding hydrogens is 943 g/mol. The van der Waals surface area contributed by atoms with E-state index in [0.717, 1.165) is 109 Å². The van der Waals surface area contributed by atoms with Crippen molar-refractivity contribution < 1.29 is 49.3 Å². The average Bonchev–Trinajstić information content (AvgIpc) is 3.41. The molecule has 75 heavy (non-hydrogen) atoms. The summed E-state index contributed by atoms with van der Waals surface area (Å²) in [5, 5.41) is 56.9. The number of aliphatic hydroxyl groups excluding tert-OH is 5. The molecule has 1 fully saturated rings. The van der Waals surface area contributed by atoms with Crippen LogP contribution in [-0.4, -0.2) is 99.6 Å². The number of aliphatic hydroxyl groups is 5. The first-order chi connectivity index (χ1) is 36.7. The molecule has 0 aromatic carbocycles. The zero-order valence-electron chi connectivity index (χ0n) is 47.9. The first-order valence-electron chi connectivity index (χ1n) is 30.7. The number of esters is 1. The fraction of sp³-hybridized carbons (Fsp3) is 0.781. The van der Waals surface area contributed by atoms with Gasteiger partial charge in [-0.2, -0.15) is 0 Å². The van der Waals surface area contributed by atoms with Gasteiger partial charge >= 0.3 is 5.97 Å². The van der Waals surface area contributed by atoms with Crippen LogP contribution in [0.1, 0.15) is 258 Å². The zero-order valence-corrected chi connectivity index (χ0v) is 47.9. The number of unbranched alkanes of at least 4 members (excludes halogenated alkanes) is 27. The molecule has 8 unspecified atom stereocenters. The summed E-state index contributed by atoms with van der Waals surface area (Å²) in [6, 6.07) is -1.04. The highest BCUT2D eigenvalue weighted by atomic mass is 16.7. The topological polar surface area (TPSA) is 175 Å². The summed E-state index contributed by atoms with van der Waals surface area (Å²) in [5.41, 5.74) is 0. The van der Waals surface area contributed by atoms with Gasteiger partial charge in [-0.3, -0.25) is 9.59 Å². The number of rotatable bonds is 51. The van der Waals surface area contributed by atoms with Gasteiger partial charge in [0.15, 0.2) is 12.4 Å². The monoisotopic (exact) mass is 1060 g/mol. The van der Waals surface area contributed by atoms with Crippen molar-refractivity contribution in [3.8, 4) is 0 Å². The molecule has 1 amide bonds. The maximum absolute atomic E-state index is 13.4. The quantitative estimate of drug-likeness (QED) is 0.0195. The summed E-state index contributed by atoms with van der Waals surface area (Å²) in [6.45, 7) is 5.72. The van der Waals surface area contributed by atoms with Gasteiger partial charge in [-0.1, -0.05) is 229 Å². The van der Waals surface area contributed by atoms with E-state index in [0.29, 0.717) is 12.8 Å². The van der Waals surface area contributed by atoms with E-state index in [2.05, 4.69) is 86.8 Å². The molecule has 0 radical (unpaired) electrons. The van der Waals surface area contributed by atoms with Crippen LogP contribution in [0.3, 0.4) is 0 Å². The Morgan fingerprint density at radius 2 is 0.920 bits per heavy atom. The molecule has 0 bridgehead atoms. The second-order valence-electron chi connectivity index (χ2n) is 21.1. The number of carbonyl (C=O) groups is 2. The van der Waals surface area contributed by atoms with Crippen LogP contribution in [0.2, 0.25) is 0 Å². The molecule has 1 rings (SSSR count). The zero-order chi connectivity index (χ0) is 54.7. The van der Waals surface area contributed by atoms with Crippen LogP contribution in [0, 0.1) is 0 Å². The van der Waals surface area contributed by atoms with E-state index in [1.807, 2.05) is 6.08 Å². The molecular formula is C64H113NO10. The predicted molar refractivity (Wildman–Crippen MR) is 310 cm³/mol. The molecule has 0 saturated carbocycles. The minimum absolute atomic E-state index is 0.0948. The van der Waals surface area contributed by atoms with Crippen molar-refractivity contribution in [1.29, 1.82) is 0 Å². The van der Waals surface area contributed by atoms with Crippen molar-refractivity contribution in [2.45, 2.75) is 307 Å². The minimum Gasteiger partial charge on any atom is -0.454 e. The first-order valence-corrected chi connectivity index (χ1v) is 30.7. The highest BCUT2D eigenvalue weighted by Gasteiger charge is 2.47. The summed E-state index contributed by atoms with van der Waals surface area (Å²) < 4.78 is 17.6. The standard InChI is InChI=1S/C64H113NO10/c1-4-7-10-13-16-19-22-25-27-29-31-34-37-40-43-46-49-52-59(69)75-62-61(71)60(70)58(53-66)74-64(62)73-54-55(56(67)50-47-44-41-38-35-32-24-21-18-15-12-9-6-3)65-63(72)57(68)51-48-45-42-39-36-33-30-28-26-23-20-17-14-11-8-5-2/h16-17,19-20,25-28,31,34,47,50,55-58,60-62,64,66-68,70-71H,4-15,18,21-24,29-30,32-33,35-46,48-49,51-54H2,1-3H3,(H,65,72)/b19-16-,20-17-,27-25-,28-26-,34-31-,50-47+. The van der Waals surface area contributed by atoms with Crippen LogP contribution in [0.5, 0.6) is 0 Å². The number of nitrogens with one attached hydrogen (secondary N) is 1. The average molecular weight is 1060 g/mol. The molecule has 11 nitrogen and oxygen atoms in total. The molecule has 0 aromatic rings. The third-order valence-corrected chi connectivity index (χ3v) is 14.1. The Kier molecular flexibility index (Phi) is 48.5. The lowest BCUT2D eigenvalue weighted by Crippen LogP contribution is -2.61. The molecule has 0 aliphatic carbocycles. The Bertz CT molecular complexity index is 1490.